The van der Waals surface area contributed by atoms with Gasteiger partial charge in [-0.2, -0.15) is 5.10 Å². The second-order valence-electron chi connectivity index (χ2n) is 10.9. The van der Waals surface area contributed by atoms with E-state index >= 15 is 4.39 Å². The number of ether oxygens (including phenoxy) is 2. The van der Waals surface area contributed by atoms with E-state index in [2.05, 4.69) is 30.3 Å². The van der Waals surface area contributed by atoms with Gasteiger partial charge in [0.15, 0.2) is 5.82 Å². The monoisotopic (exact) mass is 572 g/mol. The number of rotatable bonds is 11. The highest BCUT2D eigenvalue weighted by atomic mass is 28.3. The third-order valence-corrected chi connectivity index (χ3v) is 8.52. The van der Waals surface area contributed by atoms with Gasteiger partial charge in [0.1, 0.15) is 23.9 Å². The van der Waals surface area contributed by atoms with Crippen LogP contribution in [-0.4, -0.2) is 69.8 Å². The third-order valence-electron chi connectivity index (χ3n) is 6.81. The molecule has 4 rings (SSSR count). The molecule has 40 heavy (non-hydrogen) atoms. The summed E-state index contributed by atoms with van der Waals surface area (Å²) >= 11 is 0. The molecule has 1 aliphatic heterocycles. The number of hydrogen-bond donors (Lipinski definition) is 3. The largest absolute Gasteiger partial charge is 0.469 e. The molecule has 1 fully saturated rings. The summed E-state index contributed by atoms with van der Waals surface area (Å²) in [5, 5.41) is 18.1. The molecule has 1 amide bonds. The Morgan fingerprint density at radius 2 is 1.95 bits per heavy atom. The molecule has 0 bridgehead atoms. The number of aromatic nitrogens is 2. The Morgan fingerprint density at radius 3 is 2.58 bits per heavy atom. The number of benzene rings is 2. The second kappa shape index (κ2) is 11.7. The normalized spacial score (nSPS) is 13.7. The van der Waals surface area contributed by atoms with E-state index in [0.29, 0.717) is 36.6 Å². The predicted molar refractivity (Wildman–Crippen MR) is 153 cm³/mol. The maximum atomic E-state index is 15.0. The van der Waals surface area contributed by atoms with Gasteiger partial charge in [0.25, 0.3) is 5.91 Å². The Balaban J connectivity index is 1.63. The van der Waals surface area contributed by atoms with E-state index in [1.165, 1.54) is 14.2 Å². The number of amides is 1. The molecule has 0 radical (unpaired) electrons. The predicted octanol–water partition coefficient (Wildman–Crippen LogP) is 4.53. The van der Waals surface area contributed by atoms with Crippen LogP contribution in [0.3, 0.4) is 0 Å². The zero-order chi connectivity index (χ0) is 29.2. The second-order valence-corrected chi connectivity index (χ2v) is 16.5. The van der Waals surface area contributed by atoms with Crippen LogP contribution in [0.25, 0.3) is 10.9 Å². The van der Waals surface area contributed by atoms with E-state index < -0.39 is 31.2 Å². The smallest absolute Gasteiger partial charge is 0.312 e. The first-order valence-corrected chi connectivity index (χ1v) is 16.6. The fourth-order valence-corrected chi connectivity index (χ4v) is 5.21. The highest BCUT2D eigenvalue weighted by Gasteiger charge is 2.36. The molecular weight excluding hydrogens is 538 g/mol. The Hall–Kier alpha value is -3.84. The van der Waals surface area contributed by atoms with Crippen molar-refractivity contribution in [2.24, 2.45) is 5.92 Å². The molecule has 10 nitrogen and oxygen atoms in total. The Bertz CT molecular complexity index is 1450. The molecule has 0 unspecified atom stereocenters. The number of hydrogen-bond acceptors (Lipinski definition) is 8. The van der Waals surface area contributed by atoms with E-state index in [9.17, 15) is 14.0 Å². The molecule has 1 saturated heterocycles. The van der Waals surface area contributed by atoms with Crippen molar-refractivity contribution in [2.75, 3.05) is 49.4 Å². The van der Waals surface area contributed by atoms with Crippen LogP contribution >= 0.6 is 0 Å². The first-order valence-electron chi connectivity index (χ1n) is 12.9. The summed E-state index contributed by atoms with van der Waals surface area (Å²) < 4.78 is 42.2. The first-order chi connectivity index (χ1) is 19.0. The molecule has 1 aliphatic rings. The molecular formula is C27H34F2N6O4Si. The van der Waals surface area contributed by atoms with Crippen LogP contribution in [-0.2, 0) is 21.0 Å². The third kappa shape index (κ3) is 5.99. The number of nitrogens with zero attached hydrogens (tertiary/aromatic N) is 3. The van der Waals surface area contributed by atoms with Crippen molar-refractivity contribution in [1.82, 2.24) is 9.78 Å². The molecule has 214 valence electrons. The number of halogens is 2. The first kappa shape index (κ1) is 29.1. The highest BCUT2D eigenvalue weighted by molar-refractivity contribution is 6.76. The topological polar surface area (TPSA) is 122 Å². The fraction of sp³-hybridized carbons (Fsp3) is 0.407. The van der Waals surface area contributed by atoms with Gasteiger partial charge in [-0.05, 0) is 30.3 Å². The summed E-state index contributed by atoms with van der Waals surface area (Å²) in [7, 11) is 1.55. The Kier molecular flexibility index (Phi) is 8.54. The van der Waals surface area contributed by atoms with Gasteiger partial charge < -0.3 is 30.4 Å². The standard InChI is InChI=1S/C27H34F2N6O4Si/c1-31-21-11-20(28)23(24(29)19(21)12-30)26(36)32-17-6-7-22-18(10-17)25(34-13-16(14-34)27(37)38-2)33-35(22)15-39-8-9-40(3,4)5/h6-7,10-12,16,30-31H,8-9,13-15H2,1-5H3,(H,32,36). The maximum absolute atomic E-state index is 15.0. The van der Waals surface area contributed by atoms with Gasteiger partial charge >= 0.3 is 5.97 Å². The average Bonchev–Trinajstić information content (AvgIpc) is 3.21. The van der Waals surface area contributed by atoms with Gasteiger partial charge in [-0.3, -0.25) is 9.59 Å². The van der Waals surface area contributed by atoms with Crippen molar-refractivity contribution in [1.29, 1.82) is 5.41 Å². The molecule has 2 aromatic carbocycles. The Labute approximate surface area is 232 Å². The van der Waals surface area contributed by atoms with Crippen molar-refractivity contribution in [3.05, 3.63) is 47.0 Å². The summed E-state index contributed by atoms with van der Waals surface area (Å²) in [6.45, 7) is 8.49. The fourth-order valence-electron chi connectivity index (χ4n) is 4.45. The van der Waals surface area contributed by atoms with Gasteiger partial charge in [-0.15, -0.1) is 0 Å². The minimum absolute atomic E-state index is 0.0619. The lowest BCUT2D eigenvalue weighted by molar-refractivity contribution is -0.146. The molecule has 0 saturated carbocycles. The minimum Gasteiger partial charge on any atom is -0.469 e. The van der Waals surface area contributed by atoms with Crippen LogP contribution in [0.4, 0.5) is 26.0 Å². The number of nitrogens with one attached hydrogen (secondary N) is 3. The van der Waals surface area contributed by atoms with Gasteiger partial charge in [0.05, 0.1) is 24.1 Å². The van der Waals surface area contributed by atoms with Gasteiger partial charge in [0, 0.05) is 57.8 Å². The summed E-state index contributed by atoms with van der Waals surface area (Å²) in [6, 6.07) is 7.03. The SMILES string of the molecule is CNc1cc(F)c(C(=O)Nc2ccc3c(c2)c(N2CC(C(=O)OC)C2)nn3COCC[Si](C)(C)C)c(F)c1C=N. The average molecular weight is 573 g/mol. The van der Waals surface area contributed by atoms with Gasteiger partial charge in [-0.25, -0.2) is 13.5 Å². The lowest BCUT2D eigenvalue weighted by atomic mass is 10.00. The van der Waals surface area contributed by atoms with Crippen molar-refractivity contribution < 1.29 is 27.8 Å². The maximum Gasteiger partial charge on any atom is 0.312 e. The minimum atomic E-state index is -1.27. The van der Waals surface area contributed by atoms with Crippen LogP contribution in [0.2, 0.25) is 25.7 Å². The van der Waals surface area contributed by atoms with E-state index in [0.717, 1.165) is 23.8 Å². The molecule has 2 heterocycles. The quantitative estimate of drug-likeness (QED) is 0.134. The van der Waals surface area contributed by atoms with Gasteiger partial charge in [0.2, 0.25) is 0 Å². The zero-order valence-electron chi connectivity index (χ0n) is 23.2. The van der Waals surface area contributed by atoms with Gasteiger partial charge in [-0.1, -0.05) is 19.6 Å². The van der Waals surface area contributed by atoms with Crippen LogP contribution in [0.1, 0.15) is 15.9 Å². The molecule has 3 N–H and O–H groups in total. The molecule has 3 aromatic rings. The molecule has 0 aliphatic carbocycles. The van der Waals surface area contributed by atoms with Crippen LogP contribution in [0, 0.1) is 23.0 Å². The number of anilines is 3. The van der Waals surface area contributed by atoms with Crippen molar-refractivity contribution in [3.8, 4) is 0 Å². The van der Waals surface area contributed by atoms with Crippen molar-refractivity contribution in [2.45, 2.75) is 32.4 Å². The van der Waals surface area contributed by atoms with Crippen LogP contribution in [0.15, 0.2) is 24.3 Å². The summed E-state index contributed by atoms with van der Waals surface area (Å²) in [5.74, 6) is -3.13. The van der Waals surface area contributed by atoms with Crippen molar-refractivity contribution in [3.63, 3.8) is 0 Å². The van der Waals surface area contributed by atoms with E-state index in [1.54, 1.807) is 22.9 Å². The number of esters is 1. The van der Waals surface area contributed by atoms with Crippen LogP contribution in [0.5, 0.6) is 0 Å². The summed E-state index contributed by atoms with van der Waals surface area (Å²) in [6.07, 6.45) is 0.727. The molecule has 1 aromatic heterocycles. The zero-order valence-corrected chi connectivity index (χ0v) is 24.2. The number of carbonyl (C=O) groups is 2. The van der Waals surface area contributed by atoms with Crippen LogP contribution < -0.4 is 15.5 Å². The summed E-state index contributed by atoms with van der Waals surface area (Å²) in [4.78, 5) is 26.8. The van der Waals surface area contributed by atoms with E-state index in [-0.39, 0.29) is 29.9 Å². The molecule has 13 heteroatoms. The van der Waals surface area contributed by atoms with E-state index in [4.69, 9.17) is 20.0 Å². The van der Waals surface area contributed by atoms with Crippen molar-refractivity contribution >= 4 is 54.3 Å². The molecule has 0 spiro atoms. The lowest BCUT2D eigenvalue weighted by Crippen LogP contribution is -2.51. The summed E-state index contributed by atoms with van der Waals surface area (Å²) in [5.41, 5.74) is 0.0974. The number of carbonyl (C=O) groups excluding carboxylic acids is 2. The number of methoxy groups -OCH3 is 1. The Morgan fingerprint density at radius 1 is 1.23 bits per heavy atom. The molecule has 0 atom stereocenters. The van der Waals surface area contributed by atoms with E-state index in [1.807, 2.05) is 4.90 Å². The highest BCUT2D eigenvalue weighted by Crippen LogP contribution is 2.34. The number of fused-ring (bicyclic) bond motifs is 1. The lowest BCUT2D eigenvalue weighted by Gasteiger charge is -2.37.